The van der Waals surface area contributed by atoms with Crippen LogP contribution in [0.2, 0.25) is 0 Å². The van der Waals surface area contributed by atoms with Gasteiger partial charge < -0.3 is 16.9 Å². The van der Waals surface area contributed by atoms with Crippen LogP contribution in [0.25, 0.3) is 0 Å². The Hall–Kier alpha value is -0.340. The van der Waals surface area contributed by atoms with Gasteiger partial charge in [0.1, 0.15) is 0 Å². The van der Waals surface area contributed by atoms with Crippen molar-refractivity contribution in [1.82, 2.24) is 0 Å². The minimum atomic E-state index is 0. The minimum Gasteiger partial charge on any atom is -1.00 e. The van der Waals surface area contributed by atoms with E-state index in [0.717, 1.165) is 0 Å². The summed E-state index contributed by atoms with van der Waals surface area (Å²) in [6.45, 7) is 1.55. The molecule has 0 bridgehead atoms. The van der Waals surface area contributed by atoms with Crippen LogP contribution in [0.4, 0.5) is 0 Å². The second-order valence-electron chi connectivity index (χ2n) is 3.04. The van der Waals surface area contributed by atoms with Crippen molar-refractivity contribution < 1.29 is 21.7 Å². The third-order valence-electron chi connectivity index (χ3n) is 0.756. The monoisotopic (exact) mass is 163 g/mol. The molecule has 0 aromatic rings. The number of quaternary nitrogens is 1. The second kappa shape index (κ2) is 4.47. The normalized spacial score (nSPS) is 11.2. The molecule has 2 nitrogen and oxygen atoms in total. The number of rotatable bonds is 2. The summed E-state index contributed by atoms with van der Waals surface area (Å²) >= 11 is 0. The molecule has 0 amide bonds. The zero-order valence-corrected chi connectivity index (χ0v) is 7.64. The van der Waals surface area contributed by atoms with E-state index < -0.39 is 0 Å². The Morgan fingerprint density at radius 1 is 1.30 bits per heavy atom. The molecule has 0 aromatic heterocycles. The lowest BCUT2D eigenvalue weighted by atomic mass is 10.4. The van der Waals surface area contributed by atoms with Gasteiger partial charge >= 0.3 is 0 Å². The molecule has 0 radical (unpaired) electrons. The van der Waals surface area contributed by atoms with Crippen LogP contribution in [-0.2, 0) is 4.79 Å². The third-order valence-corrected chi connectivity index (χ3v) is 0.756. The highest BCUT2D eigenvalue weighted by Crippen LogP contribution is 1.90. The molecule has 0 fully saturated rings. The smallest absolute Gasteiger partial charge is 0.157 e. The van der Waals surface area contributed by atoms with Gasteiger partial charge in [-0.2, -0.15) is 0 Å². The van der Waals surface area contributed by atoms with Crippen molar-refractivity contribution in [3.63, 3.8) is 0 Å². The highest BCUT2D eigenvalue weighted by Gasteiger charge is 1.99. The zero-order valence-electron chi connectivity index (χ0n) is 6.89. The van der Waals surface area contributed by atoms with Gasteiger partial charge in [0.2, 0.25) is 0 Å². The molecule has 0 aliphatic heterocycles. The maximum absolute atomic E-state index is 10.4. The molecule has 10 heavy (non-hydrogen) atoms. The van der Waals surface area contributed by atoms with E-state index in [-0.39, 0.29) is 18.2 Å². The van der Waals surface area contributed by atoms with E-state index in [1.165, 1.54) is 0 Å². The molecule has 0 aliphatic rings. The molecule has 0 N–H and O–H groups in total. The van der Waals surface area contributed by atoms with E-state index in [1.807, 2.05) is 27.3 Å². The number of halogens is 1. The lowest BCUT2D eigenvalue weighted by Gasteiger charge is -2.16. The average molecular weight is 164 g/mol. The Morgan fingerprint density at radius 3 is 1.80 bits per heavy atom. The highest BCUT2D eigenvalue weighted by atomic mass is 35.5. The van der Waals surface area contributed by atoms with Crippen molar-refractivity contribution in [2.24, 2.45) is 0 Å². The van der Waals surface area contributed by atoms with Gasteiger partial charge in [-0.05, 0) is 6.92 Å². The molecule has 60 valence electrons. The lowest BCUT2D eigenvalue weighted by Crippen LogP contribution is -3.00. The first-order valence-corrected chi connectivity index (χ1v) is 2.93. The van der Waals surface area contributed by atoms with Gasteiger partial charge in [-0.25, -0.2) is 0 Å². The van der Waals surface area contributed by atoms with E-state index in [0.29, 0.717) is 4.48 Å². The summed E-state index contributed by atoms with van der Waals surface area (Å²) < 4.78 is 0.694. The van der Waals surface area contributed by atoms with Gasteiger partial charge in [0, 0.05) is 6.08 Å². The van der Waals surface area contributed by atoms with Gasteiger partial charge in [-0.3, -0.25) is 4.79 Å². The van der Waals surface area contributed by atoms with Crippen LogP contribution in [0.5, 0.6) is 0 Å². The Bertz CT molecular complexity index is 135. The summed E-state index contributed by atoms with van der Waals surface area (Å²) in [5.41, 5.74) is 0. The van der Waals surface area contributed by atoms with E-state index >= 15 is 0 Å². The number of ketones is 1. The van der Waals surface area contributed by atoms with Crippen LogP contribution in [0.3, 0.4) is 0 Å². The Balaban J connectivity index is 0. The second-order valence-corrected chi connectivity index (χ2v) is 3.04. The predicted molar refractivity (Wildman–Crippen MR) is 37.9 cm³/mol. The third kappa shape index (κ3) is 10.6. The van der Waals surface area contributed by atoms with E-state index in [9.17, 15) is 4.79 Å². The first-order chi connectivity index (χ1) is 3.92. The van der Waals surface area contributed by atoms with Gasteiger partial charge in [0.25, 0.3) is 0 Å². The van der Waals surface area contributed by atoms with Crippen molar-refractivity contribution in [2.45, 2.75) is 6.92 Å². The van der Waals surface area contributed by atoms with Crippen molar-refractivity contribution in [3.8, 4) is 0 Å². The fraction of sp³-hybridized carbons (Fsp3) is 0.571. The Morgan fingerprint density at radius 2 is 1.70 bits per heavy atom. The Kier molecular flexibility index (Phi) is 5.52. The largest absolute Gasteiger partial charge is 1.00 e. The van der Waals surface area contributed by atoms with Crippen molar-refractivity contribution in [3.05, 3.63) is 12.3 Å². The van der Waals surface area contributed by atoms with Crippen LogP contribution in [0.15, 0.2) is 12.3 Å². The number of nitrogens with zero attached hydrogens (tertiary/aromatic N) is 1. The summed E-state index contributed by atoms with van der Waals surface area (Å²) in [6.07, 6.45) is 3.43. The minimum absolute atomic E-state index is 0. The number of carbonyl (C=O) groups is 1. The van der Waals surface area contributed by atoms with Crippen molar-refractivity contribution in [1.29, 1.82) is 0 Å². The van der Waals surface area contributed by atoms with Crippen LogP contribution in [0.1, 0.15) is 6.92 Å². The van der Waals surface area contributed by atoms with Crippen molar-refractivity contribution >= 4 is 5.78 Å². The number of hydrogen-bond acceptors (Lipinski definition) is 1. The molecule has 0 saturated carbocycles. The molecular formula is C7H14ClNO. The molecule has 0 saturated heterocycles. The molecule has 0 aromatic carbocycles. The summed E-state index contributed by atoms with van der Waals surface area (Å²) in [5.74, 6) is 0.100. The maximum atomic E-state index is 10.4. The van der Waals surface area contributed by atoms with Gasteiger partial charge in [0.05, 0.1) is 27.3 Å². The Labute approximate surface area is 68.5 Å². The standard InChI is InChI=1S/C7H14NO.ClH/c1-7(9)5-6-8(2,3)4;/h5-6H,1-4H3;1H/q+1;/p-1. The van der Waals surface area contributed by atoms with Crippen LogP contribution in [0, 0.1) is 0 Å². The summed E-state index contributed by atoms with van der Waals surface area (Å²) in [4.78, 5) is 10.4. The summed E-state index contributed by atoms with van der Waals surface area (Å²) in [5, 5.41) is 0. The number of hydrogen-bond donors (Lipinski definition) is 0. The van der Waals surface area contributed by atoms with E-state index in [2.05, 4.69) is 0 Å². The lowest BCUT2D eigenvalue weighted by molar-refractivity contribution is -0.817. The SMILES string of the molecule is CC(=O)C=C[N+](C)(C)C.[Cl-]. The first-order valence-electron chi connectivity index (χ1n) is 2.93. The molecule has 0 unspecified atom stereocenters. The first kappa shape index (κ1) is 12.3. The molecule has 3 heteroatoms. The van der Waals surface area contributed by atoms with Crippen LogP contribution < -0.4 is 12.4 Å². The molecule has 0 spiro atoms. The van der Waals surface area contributed by atoms with E-state index in [4.69, 9.17) is 0 Å². The molecule has 0 rings (SSSR count). The van der Waals surface area contributed by atoms with Crippen LogP contribution in [-0.4, -0.2) is 31.4 Å². The maximum Gasteiger partial charge on any atom is 0.157 e. The molecule has 0 aliphatic carbocycles. The van der Waals surface area contributed by atoms with Crippen molar-refractivity contribution in [2.75, 3.05) is 21.1 Å². The quantitative estimate of drug-likeness (QED) is 0.334. The van der Waals surface area contributed by atoms with Gasteiger partial charge in [-0.1, -0.05) is 0 Å². The van der Waals surface area contributed by atoms with Gasteiger partial charge in [-0.15, -0.1) is 0 Å². The fourth-order valence-electron chi connectivity index (χ4n) is 0.329. The summed E-state index contributed by atoms with van der Waals surface area (Å²) in [6, 6.07) is 0. The highest BCUT2D eigenvalue weighted by molar-refractivity contribution is 5.86. The van der Waals surface area contributed by atoms with Gasteiger partial charge in [0.15, 0.2) is 5.78 Å². The average Bonchev–Trinajstić information content (AvgIpc) is 1.59. The molecular weight excluding hydrogens is 150 g/mol. The fourth-order valence-corrected chi connectivity index (χ4v) is 0.329. The summed E-state index contributed by atoms with van der Waals surface area (Å²) in [7, 11) is 6.00. The molecule has 0 atom stereocenters. The molecule has 0 heterocycles. The van der Waals surface area contributed by atoms with E-state index in [1.54, 1.807) is 13.0 Å². The topological polar surface area (TPSA) is 17.1 Å². The number of allylic oxidation sites excluding steroid dienone is 1. The number of carbonyl (C=O) groups excluding carboxylic acids is 1. The van der Waals surface area contributed by atoms with Crippen LogP contribution >= 0.6 is 0 Å². The predicted octanol–water partition coefficient (Wildman–Crippen LogP) is -2.20. The zero-order chi connectivity index (χ0) is 7.49.